The third-order valence-electron chi connectivity index (χ3n) is 1.76. The van der Waals surface area contributed by atoms with Crippen molar-refractivity contribution in [2.24, 2.45) is 0 Å². The molecule has 0 atom stereocenters. The largest absolute Gasteiger partial charge is 0.466 e. The second-order valence-electron chi connectivity index (χ2n) is 3.12. The van der Waals surface area contributed by atoms with E-state index in [0.717, 1.165) is 15.6 Å². The Morgan fingerprint density at radius 3 is 2.71 bits per heavy atom. The summed E-state index contributed by atoms with van der Waals surface area (Å²) in [7, 11) is 0. The van der Waals surface area contributed by atoms with Gasteiger partial charge in [-0.2, -0.15) is 0 Å². The van der Waals surface area contributed by atoms with Crippen LogP contribution in [0.3, 0.4) is 0 Å². The Bertz CT molecular complexity index is 314. The van der Waals surface area contributed by atoms with E-state index in [2.05, 4.69) is 15.9 Å². The average Bonchev–Trinajstić information content (AvgIpc) is 2.01. The molecule has 0 spiro atoms. The maximum Gasteiger partial charge on any atom is 0.310 e. The van der Waals surface area contributed by atoms with E-state index in [1.165, 1.54) is 0 Å². The zero-order valence-corrected chi connectivity index (χ0v) is 9.93. The molecule has 2 nitrogen and oxygen atoms in total. The standard InChI is InChI=1S/C11H13BrO2/c1-3-14-11(13)7-9-4-8(2)5-10(12)6-9/h4-6H,3,7H2,1-2H3. The number of halogens is 1. The Hall–Kier alpha value is -0.830. The summed E-state index contributed by atoms with van der Waals surface area (Å²) in [6.07, 6.45) is 0.341. The van der Waals surface area contributed by atoms with Gasteiger partial charge in [0.15, 0.2) is 0 Å². The number of benzene rings is 1. The number of carbonyl (C=O) groups is 1. The smallest absolute Gasteiger partial charge is 0.310 e. The summed E-state index contributed by atoms with van der Waals surface area (Å²) in [4.78, 5) is 11.2. The van der Waals surface area contributed by atoms with Gasteiger partial charge in [-0.25, -0.2) is 0 Å². The zero-order chi connectivity index (χ0) is 10.6. The molecule has 1 rings (SSSR count). The number of aryl methyl sites for hydroxylation is 1. The van der Waals surface area contributed by atoms with Gasteiger partial charge in [-0.05, 0) is 37.1 Å². The van der Waals surface area contributed by atoms with Crippen molar-refractivity contribution in [3.05, 3.63) is 33.8 Å². The second-order valence-corrected chi connectivity index (χ2v) is 4.03. The van der Waals surface area contributed by atoms with Crippen LogP contribution >= 0.6 is 15.9 Å². The highest BCUT2D eigenvalue weighted by Gasteiger charge is 2.04. The van der Waals surface area contributed by atoms with Gasteiger partial charge in [0.1, 0.15) is 0 Å². The molecule has 0 fully saturated rings. The zero-order valence-electron chi connectivity index (χ0n) is 8.34. The predicted octanol–water partition coefficient (Wildman–Crippen LogP) is 2.86. The maximum atomic E-state index is 11.2. The minimum Gasteiger partial charge on any atom is -0.466 e. The van der Waals surface area contributed by atoms with E-state index >= 15 is 0 Å². The van der Waals surface area contributed by atoms with Gasteiger partial charge >= 0.3 is 5.97 Å². The van der Waals surface area contributed by atoms with E-state index in [-0.39, 0.29) is 5.97 Å². The van der Waals surface area contributed by atoms with Crippen LogP contribution in [-0.2, 0) is 16.0 Å². The summed E-state index contributed by atoms with van der Waals surface area (Å²) >= 11 is 3.39. The van der Waals surface area contributed by atoms with Gasteiger partial charge in [-0.1, -0.05) is 22.0 Å². The molecule has 0 aromatic heterocycles. The minimum atomic E-state index is -0.176. The van der Waals surface area contributed by atoms with Gasteiger partial charge < -0.3 is 4.74 Å². The van der Waals surface area contributed by atoms with Crippen molar-refractivity contribution in [3.63, 3.8) is 0 Å². The lowest BCUT2D eigenvalue weighted by molar-refractivity contribution is -0.142. The Balaban J connectivity index is 2.71. The van der Waals surface area contributed by atoms with E-state index in [4.69, 9.17) is 4.74 Å². The first-order valence-electron chi connectivity index (χ1n) is 4.53. The summed E-state index contributed by atoms with van der Waals surface area (Å²) in [6.45, 7) is 4.25. The Morgan fingerprint density at radius 1 is 1.43 bits per heavy atom. The normalized spacial score (nSPS) is 9.93. The van der Waals surface area contributed by atoms with Gasteiger partial charge in [0.25, 0.3) is 0 Å². The van der Waals surface area contributed by atoms with Gasteiger partial charge in [-0.3, -0.25) is 4.79 Å². The van der Waals surface area contributed by atoms with Crippen molar-refractivity contribution >= 4 is 21.9 Å². The van der Waals surface area contributed by atoms with Crippen molar-refractivity contribution in [1.29, 1.82) is 0 Å². The highest BCUT2D eigenvalue weighted by molar-refractivity contribution is 9.10. The van der Waals surface area contributed by atoms with Crippen LogP contribution in [0.4, 0.5) is 0 Å². The van der Waals surface area contributed by atoms with Crippen molar-refractivity contribution in [2.75, 3.05) is 6.61 Å². The fourth-order valence-electron chi connectivity index (χ4n) is 1.29. The number of hydrogen-bond donors (Lipinski definition) is 0. The molecule has 0 bridgehead atoms. The fraction of sp³-hybridized carbons (Fsp3) is 0.364. The SMILES string of the molecule is CCOC(=O)Cc1cc(C)cc(Br)c1. The molecule has 0 saturated heterocycles. The highest BCUT2D eigenvalue weighted by Crippen LogP contribution is 2.15. The molecule has 0 aliphatic rings. The van der Waals surface area contributed by atoms with Crippen molar-refractivity contribution in [2.45, 2.75) is 20.3 Å². The molecule has 1 aromatic carbocycles. The van der Waals surface area contributed by atoms with Crippen LogP contribution in [0.25, 0.3) is 0 Å². The van der Waals surface area contributed by atoms with E-state index < -0.39 is 0 Å². The molecule has 0 saturated carbocycles. The predicted molar refractivity (Wildman–Crippen MR) is 59.2 cm³/mol. The van der Waals surface area contributed by atoms with E-state index in [1.807, 2.05) is 32.0 Å². The van der Waals surface area contributed by atoms with E-state index in [9.17, 15) is 4.79 Å². The lowest BCUT2D eigenvalue weighted by Crippen LogP contribution is -2.07. The number of ether oxygens (including phenoxy) is 1. The second kappa shape index (κ2) is 5.15. The van der Waals surface area contributed by atoms with Crippen LogP contribution in [0.2, 0.25) is 0 Å². The molecule has 0 heterocycles. The summed E-state index contributed by atoms with van der Waals surface area (Å²) < 4.78 is 5.87. The first-order valence-corrected chi connectivity index (χ1v) is 5.33. The Kier molecular flexibility index (Phi) is 4.14. The molecule has 3 heteroatoms. The maximum absolute atomic E-state index is 11.2. The third kappa shape index (κ3) is 3.50. The Morgan fingerprint density at radius 2 is 2.14 bits per heavy atom. The van der Waals surface area contributed by atoms with E-state index in [0.29, 0.717) is 13.0 Å². The van der Waals surface area contributed by atoms with Crippen LogP contribution in [0.1, 0.15) is 18.1 Å². The molecular formula is C11H13BrO2. The lowest BCUT2D eigenvalue weighted by atomic mass is 10.1. The monoisotopic (exact) mass is 256 g/mol. The fourth-order valence-corrected chi connectivity index (χ4v) is 1.95. The summed E-state index contributed by atoms with van der Waals surface area (Å²) in [5.74, 6) is -0.176. The summed E-state index contributed by atoms with van der Waals surface area (Å²) in [5, 5.41) is 0. The highest BCUT2D eigenvalue weighted by atomic mass is 79.9. The third-order valence-corrected chi connectivity index (χ3v) is 2.21. The summed E-state index contributed by atoms with van der Waals surface area (Å²) in [5.41, 5.74) is 2.12. The van der Waals surface area contributed by atoms with Crippen molar-refractivity contribution in [1.82, 2.24) is 0 Å². The number of hydrogen-bond acceptors (Lipinski definition) is 2. The van der Waals surface area contributed by atoms with Gasteiger partial charge in [0, 0.05) is 4.47 Å². The first-order chi connectivity index (χ1) is 6.61. The van der Waals surface area contributed by atoms with Crippen molar-refractivity contribution in [3.8, 4) is 0 Å². The summed E-state index contributed by atoms with van der Waals surface area (Å²) in [6, 6.07) is 5.93. The van der Waals surface area contributed by atoms with Crippen LogP contribution < -0.4 is 0 Å². The molecule has 0 radical (unpaired) electrons. The molecule has 0 amide bonds. The van der Waals surface area contributed by atoms with Crippen molar-refractivity contribution < 1.29 is 9.53 Å². The quantitative estimate of drug-likeness (QED) is 0.778. The first kappa shape index (κ1) is 11.2. The lowest BCUT2D eigenvalue weighted by Gasteiger charge is -2.03. The van der Waals surface area contributed by atoms with Crippen LogP contribution in [0.5, 0.6) is 0 Å². The number of esters is 1. The average molecular weight is 257 g/mol. The molecule has 76 valence electrons. The van der Waals surface area contributed by atoms with Crippen LogP contribution in [0.15, 0.2) is 22.7 Å². The van der Waals surface area contributed by atoms with Gasteiger partial charge in [0.2, 0.25) is 0 Å². The molecule has 0 N–H and O–H groups in total. The number of carbonyl (C=O) groups excluding carboxylic acids is 1. The van der Waals surface area contributed by atoms with Gasteiger partial charge in [0.05, 0.1) is 13.0 Å². The van der Waals surface area contributed by atoms with E-state index in [1.54, 1.807) is 0 Å². The molecule has 0 aliphatic carbocycles. The van der Waals surface area contributed by atoms with Gasteiger partial charge in [-0.15, -0.1) is 0 Å². The van der Waals surface area contributed by atoms with Crippen LogP contribution in [-0.4, -0.2) is 12.6 Å². The topological polar surface area (TPSA) is 26.3 Å². The Labute approximate surface area is 92.4 Å². The molecule has 0 unspecified atom stereocenters. The molecule has 1 aromatic rings. The minimum absolute atomic E-state index is 0.176. The molecule has 14 heavy (non-hydrogen) atoms. The van der Waals surface area contributed by atoms with Crippen LogP contribution in [0, 0.1) is 6.92 Å². The molecular weight excluding hydrogens is 244 g/mol. The number of rotatable bonds is 3. The molecule has 0 aliphatic heterocycles.